The Kier molecular flexibility index (Phi) is 4.51. The Hall–Kier alpha value is -1.56. The monoisotopic (exact) mass is 234 g/mol. The molecule has 1 aromatic carbocycles. The molecule has 0 saturated carbocycles. The van der Waals surface area contributed by atoms with Crippen molar-refractivity contribution >= 4 is 5.69 Å². The third kappa shape index (κ3) is 4.44. The van der Waals surface area contributed by atoms with Gasteiger partial charge < -0.3 is 5.32 Å². The van der Waals surface area contributed by atoms with E-state index < -0.39 is 0 Å². The summed E-state index contributed by atoms with van der Waals surface area (Å²) in [5, 5.41) is 11.7. The summed E-state index contributed by atoms with van der Waals surface area (Å²) in [6, 6.07) is 7.30. The highest BCUT2D eigenvalue weighted by atomic mass is 19.1. The molecule has 0 heterocycles. The van der Waals surface area contributed by atoms with Crippen LogP contribution in [0.1, 0.15) is 32.3 Å². The molecular weight excluding hydrogens is 215 g/mol. The van der Waals surface area contributed by atoms with Crippen LogP contribution in [0.15, 0.2) is 18.2 Å². The molecule has 0 amide bonds. The van der Waals surface area contributed by atoms with Gasteiger partial charge in [0.05, 0.1) is 11.8 Å². The van der Waals surface area contributed by atoms with Gasteiger partial charge in [-0.15, -0.1) is 0 Å². The molecule has 0 saturated heterocycles. The largest absolute Gasteiger partial charge is 0.382 e. The number of halogens is 1. The molecule has 0 fully saturated rings. The predicted octanol–water partition coefficient (Wildman–Crippen LogP) is 3.88. The molecule has 0 aliphatic rings. The third-order valence-electron chi connectivity index (χ3n) is 2.80. The van der Waals surface area contributed by atoms with Crippen LogP contribution in [0.4, 0.5) is 10.1 Å². The highest BCUT2D eigenvalue weighted by Gasteiger charge is 2.17. The number of rotatable bonds is 5. The number of nitrogens with one attached hydrogen (secondary N) is 1. The molecule has 1 aromatic rings. The molecule has 0 bridgehead atoms. The molecule has 0 atom stereocenters. The highest BCUT2D eigenvalue weighted by Crippen LogP contribution is 2.24. The summed E-state index contributed by atoms with van der Waals surface area (Å²) in [7, 11) is 0. The SMILES string of the molecule is Cc1ccc(NCC(C)(C)CCC#N)c(F)c1. The van der Waals surface area contributed by atoms with Crippen molar-refractivity contribution < 1.29 is 4.39 Å². The van der Waals surface area contributed by atoms with E-state index in [1.54, 1.807) is 6.07 Å². The molecule has 3 heteroatoms. The van der Waals surface area contributed by atoms with Gasteiger partial charge in [-0.05, 0) is 36.5 Å². The van der Waals surface area contributed by atoms with E-state index in [1.807, 2.05) is 13.0 Å². The second-order valence-corrected chi connectivity index (χ2v) is 5.16. The van der Waals surface area contributed by atoms with Gasteiger partial charge in [-0.25, -0.2) is 4.39 Å². The van der Waals surface area contributed by atoms with E-state index in [0.29, 0.717) is 18.7 Å². The minimum atomic E-state index is -0.221. The van der Waals surface area contributed by atoms with E-state index in [9.17, 15) is 4.39 Å². The summed E-state index contributed by atoms with van der Waals surface area (Å²) in [5.74, 6) is -0.221. The summed E-state index contributed by atoms with van der Waals surface area (Å²) in [4.78, 5) is 0. The Labute approximate surface area is 102 Å². The molecular formula is C14H19FN2. The lowest BCUT2D eigenvalue weighted by Gasteiger charge is -2.24. The van der Waals surface area contributed by atoms with Gasteiger partial charge in [-0.1, -0.05) is 19.9 Å². The van der Waals surface area contributed by atoms with Gasteiger partial charge in [-0.3, -0.25) is 0 Å². The summed E-state index contributed by atoms with van der Waals surface area (Å²) in [6.07, 6.45) is 1.34. The first-order chi connectivity index (χ1) is 7.94. The fourth-order valence-electron chi connectivity index (χ4n) is 1.58. The van der Waals surface area contributed by atoms with E-state index in [1.165, 1.54) is 6.07 Å². The zero-order chi connectivity index (χ0) is 12.9. The Morgan fingerprint density at radius 2 is 2.12 bits per heavy atom. The van der Waals surface area contributed by atoms with Crippen LogP contribution in [0.3, 0.4) is 0 Å². The Morgan fingerprint density at radius 1 is 1.41 bits per heavy atom. The molecule has 92 valence electrons. The lowest BCUT2D eigenvalue weighted by atomic mass is 9.88. The van der Waals surface area contributed by atoms with E-state index in [-0.39, 0.29) is 11.2 Å². The topological polar surface area (TPSA) is 35.8 Å². The second-order valence-electron chi connectivity index (χ2n) is 5.16. The minimum Gasteiger partial charge on any atom is -0.382 e. The molecule has 1 rings (SSSR count). The molecule has 0 aliphatic heterocycles. The number of anilines is 1. The van der Waals surface area contributed by atoms with E-state index in [4.69, 9.17) is 5.26 Å². The third-order valence-corrected chi connectivity index (χ3v) is 2.80. The second kappa shape index (κ2) is 5.67. The molecule has 2 nitrogen and oxygen atoms in total. The normalized spacial score (nSPS) is 11.0. The van der Waals surface area contributed by atoms with Crippen LogP contribution in [0.5, 0.6) is 0 Å². The Bertz CT molecular complexity index is 419. The number of hydrogen-bond donors (Lipinski definition) is 1. The van der Waals surface area contributed by atoms with Gasteiger partial charge in [0.25, 0.3) is 0 Å². The number of aryl methyl sites for hydroxylation is 1. The Balaban J connectivity index is 2.58. The van der Waals surface area contributed by atoms with Crippen LogP contribution >= 0.6 is 0 Å². The van der Waals surface area contributed by atoms with Gasteiger partial charge in [0.2, 0.25) is 0 Å². The van der Waals surface area contributed by atoms with Gasteiger partial charge in [0, 0.05) is 13.0 Å². The molecule has 0 aromatic heterocycles. The fraction of sp³-hybridized carbons (Fsp3) is 0.500. The quantitative estimate of drug-likeness (QED) is 0.839. The van der Waals surface area contributed by atoms with E-state index >= 15 is 0 Å². The van der Waals surface area contributed by atoms with Crippen LogP contribution in [-0.2, 0) is 0 Å². The van der Waals surface area contributed by atoms with Gasteiger partial charge in [0.15, 0.2) is 0 Å². The lowest BCUT2D eigenvalue weighted by Crippen LogP contribution is -2.23. The smallest absolute Gasteiger partial charge is 0.146 e. The highest BCUT2D eigenvalue weighted by molar-refractivity contribution is 5.46. The fourth-order valence-corrected chi connectivity index (χ4v) is 1.58. The van der Waals surface area contributed by atoms with Gasteiger partial charge in [0.1, 0.15) is 5.82 Å². The van der Waals surface area contributed by atoms with Crippen molar-refractivity contribution in [1.29, 1.82) is 5.26 Å². The van der Waals surface area contributed by atoms with Crippen LogP contribution in [0.2, 0.25) is 0 Å². The summed E-state index contributed by atoms with van der Waals surface area (Å²) < 4.78 is 13.6. The number of nitrogens with zero attached hydrogens (tertiary/aromatic N) is 1. The van der Waals surface area contributed by atoms with Gasteiger partial charge in [-0.2, -0.15) is 5.26 Å². The summed E-state index contributed by atoms with van der Waals surface area (Å²) >= 11 is 0. The van der Waals surface area contributed by atoms with E-state index in [0.717, 1.165) is 12.0 Å². The molecule has 0 unspecified atom stereocenters. The first-order valence-electron chi connectivity index (χ1n) is 5.81. The summed E-state index contributed by atoms with van der Waals surface area (Å²) in [6.45, 7) is 6.67. The van der Waals surface area contributed by atoms with Crippen molar-refractivity contribution in [3.8, 4) is 6.07 Å². The van der Waals surface area contributed by atoms with Gasteiger partial charge >= 0.3 is 0 Å². The zero-order valence-electron chi connectivity index (χ0n) is 10.7. The Morgan fingerprint density at radius 3 is 2.71 bits per heavy atom. The number of nitriles is 1. The number of benzene rings is 1. The maximum absolute atomic E-state index is 13.6. The molecule has 0 radical (unpaired) electrons. The van der Waals surface area contributed by atoms with Crippen LogP contribution in [0, 0.1) is 29.5 Å². The average Bonchev–Trinajstić information content (AvgIpc) is 2.25. The first-order valence-corrected chi connectivity index (χ1v) is 5.81. The molecule has 0 spiro atoms. The van der Waals surface area contributed by atoms with Crippen LogP contribution in [0.25, 0.3) is 0 Å². The first kappa shape index (κ1) is 13.5. The van der Waals surface area contributed by atoms with E-state index in [2.05, 4.69) is 25.2 Å². The van der Waals surface area contributed by atoms with Crippen molar-refractivity contribution in [2.45, 2.75) is 33.6 Å². The van der Waals surface area contributed by atoms with Crippen molar-refractivity contribution in [3.05, 3.63) is 29.6 Å². The van der Waals surface area contributed by atoms with Crippen molar-refractivity contribution in [1.82, 2.24) is 0 Å². The molecule has 0 aliphatic carbocycles. The minimum absolute atomic E-state index is 0.00689. The maximum Gasteiger partial charge on any atom is 0.146 e. The van der Waals surface area contributed by atoms with Crippen molar-refractivity contribution in [2.24, 2.45) is 5.41 Å². The number of hydrogen-bond acceptors (Lipinski definition) is 2. The lowest BCUT2D eigenvalue weighted by molar-refractivity contribution is 0.363. The summed E-state index contributed by atoms with van der Waals surface area (Å²) in [5.41, 5.74) is 1.44. The standard InChI is InChI=1S/C14H19FN2/c1-11-5-6-13(12(15)9-11)17-10-14(2,3)7-4-8-16/h5-6,9,17H,4,7,10H2,1-3H3. The van der Waals surface area contributed by atoms with Crippen molar-refractivity contribution in [2.75, 3.05) is 11.9 Å². The van der Waals surface area contributed by atoms with Crippen molar-refractivity contribution in [3.63, 3.8) is 0 Å². The zero-order valence-corrected chi connectivity index (χ0v) is 10.7. The molecule has 17 heavy (non-hydrogen) atoms. The predicted molar refractivity (Wildman–Crippen MR) is 68.3 cm³/mol. The van der Waals surface area contributed by atoms with Crippen LogP contribution in [-0.4, -0.2) is 6.54 Å². The molecule has 1 N–H and O–H groups in total. The average molecular weight is 234 g/mol. The van der Waals surface area contributed by atoms with Crippen LogP contribution < -0.4 is 5.32 Å². The maximum atomic E-state index is 13.6.